The molecule has 18 heavy (non-hydrogen) atoms. The topological polar surface area (TPSA) is 21.3 Å². The van der Waals surface area contributed by atoms with Crippen molar-refractivity contribution in [2.75, 3.05) is 13.7 Å². The molecule has 1 saturated heterocycles. The zero-order chi connectivity index (χ0) is 13.2. The molecule has 0 spiro atoms. The van der Waals surface area contributed by atoms with Crippen LogP contribution in [0, 0.1) is 5.41 Å². The molecule has 1 aromatic carbocycles. The molecular formula is C16H23NO. The molecule has 0 saturated carbocycles. The quantitative estimate of drug-likeness (QED) is 0.826. The third-order valence-corrected chi connectivity index (χ3v) is 4.22. The lowest BCUT2D eigenvalue weighted by Crippen LogP contribution is -2.49. The van der Waals surface area contributed by atoms with Gasteiger partial charge in [0.2, 0.25) is 0 Å². The van der Waals surface area contributed by atoms with E-state index in [2.05, 4.69) is 37.9 Å². The third kappa shape index (κ3) is 2.44. The highest BCUT2D eigenvalue weighted by molar-refractivity contribution is 5.35. The molecule has 0 radical (unpaired) electrons. The molecule has 1 aliphatic heterocycles. The molecule has 2 heteroatoms. The zero-order valence-electron chi connectivity index (χ0n) is 11.6. The van der Waals surface area contributed by atoms with Gasteiger partial charge in [-0.1, -0.05) is 44.2 Å². The third-order valence-electron chi connectivity index (χ3n) is 4.22. The minimum atomic E-state index is 0.138. The second-order valence-corrected chi connectivity index (χ2v) is 5.60. The number of para-hydroxylation sites is 1. The van der Waals surface area contributed by atoms with Crippen LogP contribution in [0.15, 0.2) is 36.4 Å². The van der Waals surface area contributed by atoms with Crippen LogP contribution in [0.4, 0.5) is 0 Å². The number of benzene rings is 1. The van der Waals surface area contributed by atoms with Crippen LogP contribution in [0.2, 0.25) is 0 Å². The van der Waals surface area contributed by atoms with E-state index in [0.717, 1.165) is 25.1 Å². The summed E-state index contributed by atoms with van der Waals surface area (Å²) in [6.45, 7) is 9.82. The Labute approximate surface area is 110 Å². The van der Waals surface area contributed by atoms with Crippen molar-refractivity contribution in [2.45, 2.75) is 32.7 Å². The van der Waals surface area contributed by atoms with Crippen molar-refractivity contribution in [2.24, 2.45) is 5.41 Å². The van der Waals surface area contributed by atoms with Gasteiger partial charge in [0.1, 0.15) is 5.75 Å². The monoisotopic (exact) mass is 245 g/mol. The number of hydrogen-bond donors (Lipinski definition) is 1. The molecule has 1 atom stereocenters. The summed E-state index contributed by atoms with van der Waals surface area (Å²) in [5, 5.41) is 3.62. The SMILES string of the molecule is C=C1CCNC(Cc2ccccc2OC)C1(C)C. The summed E-state index contributed by atoms with van der Waals surface area (Å²) in [7, 11) is 1.73. The fourth-order valence-corrected chi connectivity index (χ4v) is 2.64. The average molecular weight is 245 g/mol. The molecule has 1 unspecified atom stereocenters. The lowest BCUT2D eigenvalue weighted by Gasteiger charge is -2.41. The Morgan fingerprint density at radius 3 is 2.83 bits per heavy atom. The number of ether oxygens (including phenoxy) is 1. The largest absolute Gasteiger partial charge is 0.496 e. The van der Waals surface area contributed by atoms with E-state index in [1.54, 1.807) is 7.11 Å². The van der Waals surface area contributed by atoms with E-state index in [1.165, 1.54) is 11.1 Å². The second kappa shape index (κ2) is 5.15. The van der Waals surface area contributed by atoms with E-state index in [4.69, 9.17) is 4.74 Å². The van der Waals surface area contributed by atoms with Gasteiger partial charge in [-0.25, -0.2) is 0 Å². The lowest BCUT2D eigenvalue weighted by atomic mass is 9.72. The molecule has 1 fully saturated rings. The summed E-state index contributed by atoms with van der Waals surface area (Å²) in [5.74, 6) is 0.978. The summed E-state index contributed by atoms with van der Waals surface area (Å²) in [5.41, 5.74) is 2.75. The summed E-state index contributed by atoms with van der Waals surface area (Å²) in [4.78, 5) is 0. The van der Waals surface area contributed by atoms with Gasteiger partial charge in [0.05, 0.1) is 7.11 Å². The summed E-state index contributed by atoms with van der Waals surface area (Å²) < 4.78 is 5.43. The van der Waals surface area contributed by atoms with E-state index in [0.29, 0.717) is 6.04 Å². The maximum absolute atomic E-state index is 5.43. The van der Waals surface area contributed by atoms with Crippen molar-refractivity contribution in [3.05, 3.63) is 42.0 Å². The predicted octanol–water partition coefficient (Wildman–Crippen LogP) is 3.18. The first-order valence-corrected chi connectivity index (χ1v) is 6.59. The standard InChI is InChI=1S/C16H23NO/c1-12-9-10-17-15(16(12,2)3)11-13-7-5-6-8-14(13)18-4/h5-8,15,17H,1,9-11H2,2-4H3. The Morgan fingerprint density at radius 2 is 2.11 bits per heavy atom. The number of nitrogens with one attached hydrogen (secondary N) is 1. The lowest BCUT2D eigenvalue weighted by molar-refractivity contribution is 0.249. The molecule has 1 heterocycles. The Morgan fingerprint density at radius 1 is 1.39 bits per heavy atom. The van der Waals surface area contributed by atoms with Crippen LogP contribution >= 0.6 is 0 Å². The molecule has 2 rings (SSSR count). The molecule has 98 valence electrons. The van der Waals surface area contributed by atoms with Crippen LogP contribution in [0.5, 0.6) is 5.75 Å². The minimum Gasteiger partial charge on any atom is -0.496 e. The van der Waals surface area contributed by atoms with Gasteiger partial charge < -0.3 is 10.1 Å². The van der Waals surface area contributed by atoms with Crippen LogP contribution < -0.4 is 10.1 Å². The van der Waals surface area contributed by atoms with E-state index < -0.39 is 0 Å². The predicted molar refractivity (Wildman–Crippen MR) is 76.0 cm³/mol. The Kier molecular flexibility index (Phi) is 3.76. The van der Waals surface area contributed by atoms with Gasteiger partial charge in [0.25, 0.3) is 0 Å². The first-order chi connectivity index (χ1) is 8.55. The summed E-state index contributed by atoms with van der Waals surface area (Å²) in [6, 6.07) is 8.69. The van der Waals surface area contributed by atoms with Crippen molar-refractivity contribution in [3.63, 3.8) is 0 Å². The van der Waals surface area contributed by atoms with Gasteiger partial charge >= 0.3 is 0 Å². The molecule has 1 N–H and O–H groups in total. The number of methoxy groups -OCH3 is 1. The molecule has 0 amide bonds. The highest BCUT2D eigenvalue weighted by Crippen LogP contribution is 2.36. The average Bonchev–Trinajstić information content (AvgIpc) is 2.36. The first-order valence-electron chi connectivity index (χ1n) is 6.59. The minimum absolute atomic E-state index is 0.138. The van der Waals surface area contributed by atoms with E-state index in [1.807, 2.05) is 12.1 Å². The maximum atomic E-state index is 5.43. The van der Waals surface area contributed by atoms with Gasteiger partial charge in [0.15, 0.2) is 0 Å². The smallest absolute Gasteiger partial charge is 0.122 e. The van der Waals surface area contributed by atoms with Crippen LogP contribution in [0.3, 0.4) is 0 Å². The van der Waals surface area contributed by atoms with Crippen molar-refractivity contribution in [3.8, 4) is 5.75 Å². The number of hydrogen-bond acceptors (Lipinski definition) is 2. The van der Waals surface area contributed by atoms with E-state index in [9.17, 15) is 0 Å². The van der Waals surface area contributed by atoms with E-state index in [-0.39, 0.29) is 5.41 Å². The van der Waals surface area contributed by atoms with Gasteiger partial charge in [-0.05, 0) is 31.0 Å². The van der Waals surface area contributed by atoms with Gasteiger partial charge in [-0.2, -0.15) is 0 Å². The van der Waals surface area contributed by atoms with Crippen molar-refractivity contribution in [1.82, 2.24) is 5.32 Å². The van der Waals surface area contributed by atoms with Gasteiger partial charge in [-0.15, -0.1) is 0 Å². The highest BCUT2D eigenvalue weighted by Gasteiger charge is 2.35. The molecular weight excluding hydrogens is 222 g/mol. The Hall–Kier alpha value is -1.28. The maximum Gasteiger partial charge on any atom is 0.122 e. The van der Waals surface area contributed by atoms with Gasteiger partial charge in [0, 0.05) is 11.5 Å². The summed E-state index contributed by atoms with van der Waals surface area (Å²) >= 11 is 0. The fraction of sp³-hybridized carbons (Fsp3) is 0.500. The zero-order valence-corrected chi connectivity index (χ0v) is 11.6. The van der Waals surface area contributed by atoms with Crippen molar-refractivity contribution in [1.29, 1.82) is 0 Å². The molecule has 0 bridgehead atoms. The summed E-state index contributed by atoms with van der Waals surface area (Å²) in [6.07, 6.45) is 2.06. The fourth-order valence-electron chi connectivity index (χ4n) is 2.64. The van der Waals surface area contributed by atoms with Gasteiger partial charge in [-0.3, -0.25) is 0 Å². The Bertz CT molecular complexity index is 436. The van der Waals surface area contributed by atoms with Crippen LogP contribution in [-0.4, -0.2) is 19.7 Å². The molecule has 1 aliphatic rings. The normalized spacial score (nSPS) is 22.8. The van der Waals surface area contributed by atoms with Crippen LogP contribution in [0.1, 0.15) is 25.8 Å². The highest BCUT2D eigenvalue weighted by atomic mass is 16.5. The van der Waals surface area contributed by atoms with E-state index >= 15 is 0 Å². The number of piperidine rings is 1. The number of rotatable bonds is 3. The molecule has 0 aliphatic carbocycles. The first kappa shape index (κ1) is 13.2. The van der Waals surface area contributed by atoms with Crippen molar-refractivity contribution >= 4 is 0 Å². The molecule has 1 aromatic rings. The van der Waals surface area contributed by atoms with Crippen LogP contribution in [0.25, 0.3) is 0 Å². The Balaban J connectivity index is 2.20. The molecule has 2 nitrogen and oxygen atoms in total. The molecule has 0 aromatic heterocycles. The van der Waals surface area contributed by atoms with Crippen molar-refractivity contribution < 1.29 is 4.74 Å². The second-order valence-electron chi connectivity index (χ2n) is 5.60. The van der Waals surface area contributed by atoms with Crippen LogP contribution in [-0.2, 0) is 6.42 Å².